The number of amides is 2. The highest BCUT2D eigenvalue weighted by atomic mass is 16.2. The number of para-hydroxylation sites is 1. The van der Waals surface area contributed by atoms with E-state index in [0.29, 0.717) is 25.9 Å². The molecule has 29 heavy (non-hydrogen) atoms. The van der Waals surface area contributed by atoms with Gasteiger partial charge in [0.1, 0.15) is 0 Å². The van der Waals surface area contributed by atoms with Crippen LogP contribution in [0.1, 0.15) is 18.4 Å². The van der Waals surface area contributed by atoms with Crippen molar-refractivity contribution in [2.75, 3.05) is 18.4 Å². The Kier molecular flexibility index (Phi) is 5.71. The molecule has 1 saturated heterocycles. The number of nitrogens with zero attached hydrogens (tertiary/aromatic N) is 1. The third kappa shape index (κ3) is 4.54. The number of anilines is 1. The number of benzene rings is 3. The Morgan fingerprint density at radius 3 is 2.34 bits per heavy atom. The van der Waals surface area contributed by atoms with Crippen LogP contribution in [0.3, 0.4) is 0 Å². The van der Waals surface area contributed by atoms with Gasteiger partial charge in [0.05, 0.1) is 0 Å². The Morgan fingerprint density at radius 1 is 0.862 bits per heavy atom. The molecule has 1 heterocycles. The van der Waals surface area contributed by atoms with Crippen LogP contribution in [0.15, 0.2) is 78.9 Å². The van der Waals surface area contributed by atoms with Crippen LogP contribution in [0.25, 0.3) is 16.8 Å². The molecule has 1 aliphatic heterocycles. The molecule has 4 heteroatoms. The van der Waals surface area contributed by atoms with Gasteiger partial charge in [-0.25, -0.2) is 0 Å². The molecular weight excluding hydrogens is 360 g/mol. The van der Waals surface area contributed by atoms with Gasteiger partial charge in [-0.3, -0.25) is 9.59 Å². The first kappa shape index (κ1) is 18.9. The average Bonchev–Trinajstić information content (AvgIpc) is 2.78. The maximum Gasteiger partial charge on any atom is 0.246 e. The molecule has 3 aromatic rings. The highest BCUT2D eigenvalue weighted by Gasteiger charge is 2.26. The molecule has 0 spiro atoms. The maximum atomic E-state index is 12.6. The fraction of sp³-hybridized carbons (Fsp3) is 0.200. The second-order valence-corrected chi connectivity index (χ2v) is 7.36. The van der Waals surface area contributed by atoms with E-state index in [-0.39, 0.29) is 17.7 Å². The average molecular weight is 384 g/mol. The van der Waals surface area contributed by atoms with Gasteiger partial charge in [0.2, 0.25) is 11.8 Å². The molecule has 1 N–H and O–H groups in total. The summed E-state index contributed by atoms with van der Waals surface area (Å²) in [4.78, 5) is 26.9. The lowest BCUT2D eigenvalue weighted by atomic mass is 9.95. The normalized spacial score (nSPS) is 15.0. The van der Waals surface area contributed by atoms with E-state index in [4.69, 9.17) is 0 Å². The van der Waals surface area contributed by atoms with Crippen LogP contribution in [0.2, 0.25) is 0 Å². The summed E-state index contributed by atoms with van der Waals surface area (Å²) in [6.45, 7) is 1.21. The van der Waals surface area contributed by atoms with Gasteiger partial charge in [-0.05, 0) is 47.4 Å². The number of hydrogen-bond acceptors (Lipinski definition) is 2. The zero-order valence-corrected chi connectivity index (χ0v) is 16.3. The largest absolute Gasteiger partial charge is 0.339 e. The van der Waals surface area contributed by atoms with Crippen LogP contribution in [0.4, 0.5) is 5.69 Å². The maximum absolute atomic E-state index is 12.6. The molecule has 146 valence electrons. The van der Waals surface area contributed by atoms with Crippen molar-refractivity contribution >= 4 is 34.4 Å². The number of carbonyl (C=O) groups is 2. The number of rotatable bonds is 4. The molecule has 0 aliphatic carbocycles. The number of nitrogens with one attached hydrogen (secondary N) is 1. The molecule has 0 saturated carbocycles. The lowest BCUT2D eigenvalue weighted by Gasteiger charge is -2.30. The molecule has 3 aromatic carbocycles. The fourth-order valence-corrected chi connectivity index (χ4v) is 3.79. The number of likely N-dealkylation sites (tertiary alicyclic amines) is 1. The first-order chi connectivity index (χ1) is 14.2. The Hall–Kier alpha value is -3.40. The zero-order valence-electron chi connectivity index (χ0n) is 16.3. The molecular formula is C25H24N2O2. The monoisotopic (exact) mass is 384 g/mol. The summed E-state index contributed by atoms with van der Waals surface area (Å²) in [5.74, 6) is -0.0178. The molecule has 2 amide bonds. The Bertz CT molecular complexity index is 1030. The summed E-state index contributed by atoms with van der Waals surface area (Å²) in [6, 6.07) is 23.7. The summed E-state index contributed by atoms with van der Waals surface area (Å²) in [5.41, 5.74) is 1.85. The van der Waals surface area contributed by atoms with Gasteiger partial charge in [-0.2, -0.15) is 0 Å². The fourth-order valence-electron chi connectivity index (χ4n) is 3.79. The molecule has 0 aromatic heterocycles. The summed E-state index contributed by atoms with van der Waals surface area (Å²) < 4.78 is 0. The molecule has 0 radical (unpaired) electrons. The number of carbonyl (C=O) groups excluding carboxylic acids is 2. The van der Waals surface area contributed by atoms with E-state index in [1.807, 2.05) is 65.6 Å². The number of hydrogen-bond donors (Lipinski definition) is 1. The summed E-state index contributed by atoms with van der Waals surface area (Å²) in [6.07, 6.45) is 4.91. The van der Waals surface area contributed by atoms with Gasteiger partial charge < -0.3 is 10.2 Å². The van der Waals surface area contributed by atoms with Crippen molar-refractivity contribution in [1.29, 1.82) is 0 Å². The second kappa shape index (κ2) is 8.74. The van der Waals surface area contributed by atoms with E-state index in [1.165, 1.54) is 0 Å². The molecule has 0 atom stereocenters. The van der Waals surface area contributed by atoms with Gasteiger partial charge in [-0.1, -0.05) is 60.7 Å². The molecule has 4 rings (SSSR count). The van der Waals surface area contributed by atoms with E-state index in [2.05, 4.69) is 23.5 Å². The van der Waals surface area contributed by atoms with Crippen LogP contribution in [0, 0.1) is 5.92 Å². The Labute approximate surface area is 170 Å². The van der Waals surface area contributed by atoms with Crippen molar-refractivity contribution < 1.29 is 9.59 Å². The van der Waals surface area contributed by atoms with Gasteiger partial charge in [0.25, 0.3) is 0 Å². The molecule has 0 unspecified atom stereocenters. The minimum absolute atomic E-state index is 0.000137. The van der Waals surface area contributed by atoms with Crippen molar-refractivity contribution in [2.24, 2.45) is 5.92 Å². The summed E-state index contributed by atoms with van der Waals surface area (Å²) in [5, 5.41) is 5.26. The highest BCUT2D eigenvalue weighted by molar-refractivity contribution is 5.97. The Morgan fingerprint density at radius 2 is 1.55 bits per heavy atom. The van der Waals surface area contributed by atoms with Gasteiger partial charge in [-0.15, -0.1) is 0 Å². The lowest BCUT2D eigenvalue weighted by Crippen LogP contribution is -2.40. The molecule has 1 fully saturated rings. The first-order valence-corrected chi connectivity index (χ1v) is 10.0. The first-order valence-electron chi connectivity index (χ1n) is 10.0. The van der Waals surface area contributed by atoms with Crippen molar-refractivity contribution in [1.82, 2.24) is 4.90 Å². The second-order valence-electron chi connectivity index (χ2n) is 7.36. The van der Waals surface area contributed by atoms with Crippen LogP contribution in [-0.2, 0) is 9.59 Å². The van der Waals surface area contributed by atoms with Crippen LogP contribution < -0.4 is 5.32 Å². The zero-order chi connectivity index (χ0) is 20.1. The van der Waals surface area contributed by atoms with Crippen LogP contribution in [0.5, 0.6) is 0 Å². The highest BCUT2D eigenvalue weighted by Crippen LogP contribution is 2.22. The van der Waals surface area contributed by atoms with E-state index in [9.17, 15) is 9.59 Å². The van der Waals surface area contributed by atoms with E-state index in [0.717, 1.165) is 22.0 Å². The minimum Gasteiger partial charge on any atom is -0.339 e. The van der Waals surface area contributed by atoms with E-state index < -0.39 is 0 Å². The summed E-state index contributed by atoms with van der Waals surface area (Å²) >= 11 is 0. The van der Waals surface area contributed by atoms with Gasteiger partial charge >= 0.3 is 0 Å². The van der Waals surface area contributed by atoms with Crippen LogP contribution >= 0.6 is 0 Å². The van der Waals surface area contributed by atoms with Crippen molar-refractivity contribution in [3.63, 3.8) is 0 Å². The summed E-state index contributed by atoms with van der Waals surface area (Å²) in [7, 11) is 0. The number of piperidine rings is 1. The molecule has 1 aliphatic rings. The minimum atomic E-state index is -0.0543. The third-order valence-electron chi connectivity index (χ3n) is 5.45. The lowest BCUT2D eigenvalue weighted by molar-refractivity contribution is -0.130. The third-order valence-corrected chi connectivity index (χ3v) is 5.45. The van der Waals surface area contributed by atoms with Gasteiger partial charge in [0, 0.05) is 30.8 Å². The van der Waals surface area contributed by atoms with Crippen molar-refractivity contribution in [2.45, 2.75) is 12.8 Å². The quantitative estimate of drug-likeness (QED) is 0.661. The molecule has 0 bridgehead atoms. The van der Waals surface area contributed by atoms with E-state index >= 15 is 0 Å². The predicted octanol–water partition coefficient (Wildman–Crippen LogP) is 4.73. The standard InChI is InChI=1S/C25H24N2O2/c28-24(14-13-20-9-6-8-19-7-4-5-12-23(19)20)27-17-15-21(16-18-27)25(29)26-22-10-2-1-3-11-22/h1-14,21H,15-18H2,(H,26,29)/b14-13+. The van der Waals surface area contributed by atoms with Gasteiger partial charge in [0.15, 0.2) is 0 Å². The van der Waals surface area contributed by atoms with Crippen molar-refractivity contribution in [3.05, 3.63) is 84.4 Å². The van der Waals surface area contributed by atoms with E-state index in [1.54, 1.807) is 6.08 Å². The smallest absolute Gasteiger partial charge is 0.246 e. The predicted molar refractivity (Wildman–Crippen MR) is 117 cm³/mol. The SMILES string of the molecule is O=C(Nc1ccccc1)C1CCN(C(=O)/C=C/c2cccc3ccccc23)CC1. The number of fused-ring (bicyclic) bond motifs is 1. The topological polar surface area (TPSA) is 49.4 Å². The Balaban J connectivity index is 1.34. The van der Waals surface area contributed by atoms with Crippen molar-refractivity contribution in [3.8, 4) is 0 Å². The van der Waals surface area contributed by atoms with Crippen LogP contribution in [-0.4, -0.2) is 29.8 Å². The molecule has 4 nitrogen and oxygen atoms in total.